The van der Waals surface area contributed by atoms with E-state index in [0.29, 0.717) is 31.7 Å². The van der Waals surface area contributed by atoms with Crippen LogP contribution in [0.3, 0.4) is 0 Å². The molecule has 0 spiro atoms. The average Bonchev–Trinajstić information content (AvgIpc) is 2.47. The highest BCUT2D eigenvalue weighted by atomic mass is 35.5. The monoisotopic (exact) mass is 333 g/mol. The quantitative estimate of drug-likeness (QED) is 0.829. The summed E-state index contributed by atoms with van der Waals surface area (Å²) in [5.41, 5.74) is 0. The molecule has 0 amide bonds. The molecule has 1 aliphatic rings. The number of aromatic nitrogens is 3. The highest BCUT2D eigenvalue weighted by Crippen LogP contribution is 2.15. The molecule has 2 heterocycles. The molecule has 9 heteroatoms. The van der Waals surface area contributed by atoms with Crippen LogP contribution in [0.15, 0.2) is 0 Å². The van der Waals surface area contributed by atoms with E-state index in [9.17, 15) is 4.21 Å². The third-order valence-electron chi connectivity index (χ3n) is 3.29. The molecule has 1 aliphatic heterocycles. The summed E-state index contributed by atoms with van der Waals surface area (Å²) < 4.78 is 16.6. The minimum absolute atomic E-state index is 0.133. The SMILES string of the molecule is CC(CCNc1nc(Cl)nc(N2CCOCC2)n1)S(C)=O. The lowest BCUT2D eigenvalue weighted by atomic mass is 10.3. The maximum Gasteiger partial charge on any atom is 0.231 e. The van der Waals surface area contributed by atoms with Gasteiger partial charge in [0.15, 0.2) is 0 Å². The second-order valence-electron chi connectivity index (χ2n) is 4.85. The Hall–Kier alpha value is -0.990. The Morgan fingerprint density at radius 1 is 1.38 bits per heavy atom. The average molecular weight is 334 g/mol. The minimum Gasteiger partial charge on any atom is -0.378 e. The van der Waals surface area contributed by atoms with E-state index in [2.05, 4.69) is 20.3 Å². The number of anilines is 2. The van der Waals surface area contributed by atoms with Gasteiger partial charge in [0.25, 0.3) is 0 Å². The summed E-state index contributed by atoms with van der Waals surface area (Å²) in [6.45, 7) is 5.40. The Labute approximate surface area is 131 Å². The molecule has 0 saturated carbocycles. The first kappa shape index (κ1) is 16.4. The van der Waals surface area contributed by atoms with Crippen molar-refractivity contribution in [2.45, 2.75) is 18.6 Å². The van der Waals surface area contributed by atoms with E-state index in [4.69, 9.17) is 16.3 Å². The first-order chi connectivity index (χ1) is 10.1. The van der Waals surface area contributed by atoms with Crippen LogP contribution in [0.5, 0.6) is 0 Å². The van der Waals surface area contributed by atoms with Gasteiger partial charge in [0.2, 0.25) is 17.2 Å². The van der Waals surface area contributed by atoms with Crippen molar-refractivity contribution in [1.29, 1.82) is 0 Å². The molecular formula is C12H20ClN5O2S. The van der Waals surface area contributed by atoms with Crippen LogP contribution in [0.4, 0.5) is 11.9 Å². The summed E-state index contributed by atoms with van der Waals surface area (Å²) >= 11 is 5.95. The fourth-order valence-corrected chi connectivity index (χ4v) is 2.48. The van der Waals surface area contributed by atoms with Crippen molar-refractivity contribution in [3.63, 3.8) is 0 Å². The number of nitrogens with one attached hydrogen (secondary N) is 1. The zero-order valence-corrected chi connectivity index (χ0v) is 13.8. The Kier molecular flexibility index (Phi) is 6.13. The number of hydrogen-bond acceptors (Lipinski definition) is 7. The highest BCUT2D eigenvalue weighted by Gasteiger charge is 2.16. The van der Waals surface area contributed by atoms with Crippen LogP contribution >= 0.6 is 11.6 Å². The zero-order valence-electron chi connectivity index (χ0n) is 12.2. The summed E-state index contributed by atoms with van der Waals surface area (Å²) in [5, 5.41) is 3.41. The molecule has 1 N–H and O–H groups in total. The summed E-state index contributed by atoms with van der Waals surface area (Å²) in [6.07, 6.45) is 2.49. The molecule has 118 valence electrons. The van der Waals surface area contributed by atoms with Gasteiger partial charge in [-0.05, 0) is 18.0 Å². The van der Waals surface area contributed by atoms with Crippen LogP contribution in [0, 0.1) is 0 Å². The van der Waals surface area contributed by atoms with Gasteiger partial charge >= 0.3 is 0 Å². The van der Waals surface area contributed by atoms with Crippen molar-refractivity contribution in [3.05, 3.63) is 5.28 Å². The molecule has 2 rings (SSSR count). The predicted octanol–water partition coefficient (Wildman–Crippen LogP) is 0.931. The first-order valence-corrected chi connectivity index (χ1v) is 8.86. The van der Waals surface area contributed by atoms with Crippen LogP contribution < -0.4 is 10.2 Å². The van der Waals surface area contributed by atoms with E-state index in [1.165, 1.54) is 0 Å². The van der Waals surface area contributed by atoms with Crippen LogP contribution in [-0.4, -0.2) is 63.5 Å². The topological polar surface area (TPSA) is 80.2 Å². The van der Waals surface area contributed by atoms with Crippen LogP contribution in [-0.2, 0) is 15.5 Å². The van der Waals surface area contributed by atoms with Crippen LogP contribution in [0.1, 0.15) is 13.3 Å². The van der Waals surface area contributed by atoms with Gasteiger partial charge in [-0.3, -0.25) is 4.21 Å². The van der Waals surface area contributed by atoms with Crippen molar-refractivity contribution in [3.8, 4) is 0 Å². The molecule has 1 aromatic rings. The molecule has 1 saturated heterocycles. The second kappa shape index (κ2) is 7.86. The molecule has 21 heavy (non-hydrogen) atoms. The lowest BCUT2D eigenvalue weighted by Gasteiger charge is -2.26. The van der Waals surface area contributed by atoms with Gasteiger partial charge in [-0.2, -0.15) is 15.0 Å². The van der Waals surface area contributed by atoms with Gasteiger partial charge in [0.05, 0.1) is 13.2 Å². The number of rotatable bonds is 6. The van der Waals surface area contributed by atoms with Crippen molar-refractivity contribution in [2.75, 3.05) is 49.3 Å². The molecule has 2 unspecified atom stereocenters. The van der Waals surface area contributed by atoms with E-state index in [-0.39, 0.29) is 10.5 Å². The molecule has 0 bridgehead atoms. The first-order valence-electron chi connectivity index (χ1n) is 6.86. The largest absolute Gasteiger partial charge is 0.378 e. The van der Waals surface area contributed by atoms with E-state index < -0.39 is 10.8 Å². The Morgan fingerprint density at radius 3 is 2.76 bits per heavy atom. The number of ether oxygens (including phenoxy) is 1. The van der Waals surface area contributed by atoms with Crippen molar-refractivity contribution < 1.29 is 8.95 Å². The standard InChI is InChI=1S/C12H20ClN5O2S/c1-9(21(2)19)3-4-14-11-15-10(13)16-12(17-11)18-5-7-20-8-6-18/h9H,3-8H2,1-2H3,(H,14,15,16,17). The van der Waals surface area contributed by atoms with Gasteiger partial charge in [-0.1, -0.05) is 6.92 Å². The Bertz CT molecular complexity index is 499. The smallest absolute Gasteiger partial charge is 0.231 e. The Balaban J connectivity index is 1.96. The van der Waals surface area contributed by atoms with E-state index >= 15 is 0 Å². The third kappa shape index (κ3) is 5.05. The normalized spacial score (nSPS) is 18.3. The minimum atomic E-state index is -0.822. The molecule has 2 atom stereocenters. The molecule has 0 aliphatic carbocycles. The molecule has 1 fully saturated rings. The van der Waals surface area contributed by atoms with E-state index in [0.717, 1.165) is 19.5 Å². The summed E-state index contributed by atoms with van der Waals surface area (Å²) in [6, 6.07) is 0. The second-order valence-corrected chi connectivity index (χ2v) is 6.99. The van der Waals surface area contributed by atoms with Crippen molar-refractivity contribution >= 4 is 34.3 Å². The molecule has 1 aromatic heterocycles. The number of halogens is 1. The van der Waals surface area contributed by atoms with Crippen molar-refractivity contribution in [2.24, 2.45) is 0 Å². The maximum atomic E-state index is 11.3. The third-order valence-corrected chi connectivity index (χ3v) is 4.83. The van der Waals surface area contributed by atoms with E-state index in [1.54, 1.807) is 6.26 Å². The fourth-order valence-electron chi connectivity index (χ4n) is 1.88. The lowest BCUT2D eigenvalue weighted by molar-refractivity contribution is 0.122. The summed E-state index contributed by atoms with van der Waals surface area (Å²) in [4.78, 5) is 14.6. The Morgan fingerprint density at radius 2 is 2.10 bits per heavy atom. The molecule has 0 radical (unpaired) electrons. The van der Waals surface area contributed by atoms with Crippen LogP contribution in [0.25, 0.3) is 0 Å². The van der Waals surface area contributed by atoms with Gasteiger partial charge in [-0.15, -0.1) is 0 Å². The highest BCUT2D eigenvalue weighted by molar-refractivity contribution is 7.84. The number of nitrogens with zero attached hydrogens (tertiary/aromatic N) is 4. The zero-order chi connectivity index (χ0) is 15.2. The molecule has 7 nitrogen and oxygen atoms in total. The maximum absolute atomic E-state index is 11.3. The van der Waals surface area contributed by atoms with E-state index in [1.807, 2.05) is 11.8 Å². The number of morpholine rings is 1. The van der Waals surface area contributed by atoms with Crippen LogP contribution in [0.2, 0.25) is 5.28 Å². The summed E-state index contributed by atoms with van der Waals surface area (Å²) in [5.74, 6) is 1.01. The number of hydrogen-bond donors (Lipinski definition) is 1. The lowest BCUT2D eigenvalue weighted by Crippen LogP contribution is -2.37. The molecular weight excluding hydrogens is 314 g/mol. The summed E-state index contributed by atoms with van der Waals surface area (Å²) in [7, 11) is -0.822. The molecule has 0 aromatic carbocycles. The van der Waals surface area contributed by atoms with Gasteiger partial charge in [0, 0.05) is 41.9 Å². The predicted molar refractivity (Wildman–Crippen MR) is 84.5 cm³/mol. The van der Waals surface area contributed by atoms with Gasteiger partial charge in [-0.25, -0.2) is 0 Å². The van der Waals surface area contributed by atoms with Gasteiger partial charge < -0.3 is 15.0 Å². The van der Waals surface area contributed by atoms with Crippen molar-refractivity contribution in [1.82, 2.24) is 15.0 Å². The fraction of sp³-hybridized carbons (Fsp3) is 0.750. The van der Waals surface area contributed by atoms with Gasteiger partial charge in [0.1, 0.15) is 0 Å².